The average Bonchev–Trinajstić information content (AvgIpc) is 2.78. The van der Waals surface area contributed by atoms with E-state index in [0.717, 1.165) is 25.8 Å². The molecule has 1 aromatic heterocycles. The van der Waals surface area contributed by atoms with Crippen LogP contribution in [0.5, 0.6) is 0 Å². The van der Waals surface area contributed by atoms with Gasteiger partial charge in [-0.15, -0.1) is 11.3 Å². The summed E-state index contributed by atoms with van der Waals surface area (Å²) in [6, 6.07) is 5.86. The molecule has 1 N–H and O–H groups in total. The van der Waals surface area contributed by atoms with Gasteiger partial charge >= 0.3 is 0 Å². The van der Waals surface area contributed by atoms with Crippen LogP contribution in [-0.4, -0.2) is 16.1 Å². The molecular formula is C14H15BrN2OS2. The molecule has 1 amide bonds. The third-order valence-corrected chi connectivity index (χ3v) is 5.47. The zero-order valence-corrected chi connectivity index (χ0v) is 14.7. The number of nitrogens with zero attached hydrogens (tertiary/aromatic N) is 1. The first-order chi connectivity index (χ1) is 9.45. The molecule has 20 heavy (non-hydrogen) atoms. The highest BCUT2D eigenvalue weighted by Crippen LogP contribution is 2.28. The number of anilines is 1. The Morgan fingerprint density at radius 2 is 2.20 bits per heavy atom. The number of benzene rings is 1. The van der Waals surface area contributed by atoms with Crippen LogP contribution < -0.4 is 5.32 Å². The quantitative estimate of drug-likeness (QED) is 0.796. The standard InChI is InChI=1S/C14H15BrN2OS2/c1-8-4-5-12(11(15)6-8)17-13(18)10(3)20-14-16-9(2)7-19-14/h4-7,10H,1-3H3,(H,17,18)/t10-/m0/s1. The van der Waals surface area contributed by atoms with Gasteiger partial charge in [0.25, 0.3) is 0 Å². The van der Waals surface area contributed by atoms with Crippen molar-refractivity contribution in [2.75, 3.05) is 5.32 Å². The first-order valence-corrected chi connectivity index (χ1v) is 8.67. The number of nitrogens with one attached hydrogen (secondary N) is 1. The Bertz CT molecular complexity index is 627. The number of hydrogen-bond donors (Lipinski definition) is 1. The van der Waals surface area contributed by atoms with Gasteiger partial charge in [-0.25, -0.2) is 4.98 Å². The zero-order valence-electron chi connectivity index (χ0n) is 11.4. The third-order valence-electron chi connectivity index (χ3n) is 2.63. The number of thioether (sulfide) groups is 1. The minimum atomic E-state index is -0.186. The molecule has 0 spiro atoms. The number of hydrogen-bond acceptors (Lipinski definition) is 4. The van der Waals surface area contributed by atoms with Crippen molar-refractivity contribution in [3.8, 4) is 0 Å². The number of carbonyl (C=O) groups excluding carboxylic acids is 1. The zero-order chi connectivity index (χ0) is 14.7. The lowest BCUT2D eigenvalue weighted by atomic mass is 10.2. The summed E-state index contributed by atoms with van der Waals surface area (Å²) >= 11 is 6.51. The van der Waals surface area contributed by atoms with Gasteiger partial charge < -0.3 is 5.32 Å². The molecular weight excluding hydrogens is 356 g/mol. The second-order valence-electron chi connectivity index (χ2n) is 4.49. The summed E-state index contributed by atoms with van der Waals surface area (Å²) < 4.78 is 1.82. The van der Waals surface area contributed by atoms with Crippen LogP contribution >= 0.6 is 39.0 Å². The van der Waals surface area contributed by atoms with E-state index in [2.05, 4.69) is 26.2 Å². The minimum Gasteiger partial charge on any atom is -0.324 e. The Morgan fingerprint density at radius 1 is 1.45 bits per heavy atom. The summed E-state index contributed by atoms with van der Waals surface area (Å²) in [5.74, 6) is -0.0209. The highest BCUT2D eigenvalue weighted by Gasteiger charge is 2.17. The minimum absolute atomic E-state index is 0.0209. The second kappa shape index (κ2) is 6.74. The molecule has 1 heterocycles. The molecule has 0 aliphatic carbocycles. The molecule has 1 aromatic carbocycles. The number of carbonyl (C=O) groups is 1. The fourth-order valence-corrected chi connectivity index (χ4v) is 4.12. The number of aryl methyl sites for hydroxylation is 2. The lowest BCUT2D eigenvalue weighted by Gasteiger charge is -2.12. The molecule has 0 radical (unpaired) electrons. The summed E-state index contributed by atoms with van der Waals surface area (Å²) in [7, 11) is 0. The van der Waals surface area contributed by atoms with Crippen molar-refractivity contribution >= 4 is 50.6 Å². The van der Waals surface area contributed by atoms with Gasteiger partial charge in [0.05, 0.1) is 10.9 Å². The van der Waals surface area contributed by atoms with Gasteiger partial charge in [0.15, 0.2) is 4.34 Å². The Kier molecular flexibility index (Phi) is 5.23. The van der Waals surface area contributed by atoms with Gasteiger partial charge in [-0.05, 0) is 54.4 Å². The van der Waals surface area contributed by atoms with E-state index in [9.17, 15) is 4.79 Å². The lowest BCUT2D eigenvalue weighted by Crippen LogP contribution is -2.22. The van der Waals surface area contributed by atoms with E-state index in [1.54, 1.807) is 11.3 Å². The van der Waals surface area contributed by atoms with Gasteiger partial charge in [0, 0.05) is 15.5 Å². The summed E-state index contributed by atoms with van der Waals surface area (Å²) in [6.07, 6.45) is 0. The largest absolute Gasteiger partial charge is 0.324 e. The maximum absolute atomic E-state index is 12.2. The molecule has 2 aromatic rings. The number of thiazole rings is 1. The van der Waals surface area contributed by atoms with Crippen molar-refractivity contribution in [2.45, 2.75) is 30.4 Å². The Balaban J connectivity index is 2.00. The maximum atomic E-state index is 12.2. The van der Waals surface area contributed by atoms with Crippen molar-refractivity contribution in [2.24, 2.45) is 0 Å². The van der Waals surface area contributed by atoms with E-state index in [1.807, 2.05) is 44.4 Å². The van der Waals surface area contributed by atoms with E-state index in [1.165, 1.54) is 11.8 Å². The van der Waals surface area contributed by atoms with Crippen LogP contribution in [0.1, 0.15) is 18.2 Å². The highest BCUT2D eigenvalue weighted by atomic mass is 79.9. The second-order valence-corrected chi connectivity index (χ2v) is 7.79. The van der Waals surface area contributed by atoms with Crippen LogP contribution in [0.15, 0.2) is 32.4 Å². The Morgan fingerprint density at radius 3 is 2.80 bits per heavy atom. The van der Waals surface area contributed by atoms with Crippen LogP contribution in [0.4, 0.5) is 5.69 Å². The molecule has 0 aliphatic rings. The monoisotopic (exact) mass is 370 g/mol. The van der Waals surface area contributed by atoms with Crippen molar-refractivity contribution in [3.05, 3.63) is 39.3 Å². The molecule has 0 saturated carbocycles. The third kappa shape index (κ3) is 4.07. The smallest absolute Gasteiger partial charge is 0.237 e. The first kappa shape index (κ1) is 15.5. The SMILES string of the molecule is Cc1ccc(NC(=O)[C@H](C)Sc2nc(C)cs2)c(Br)c1. The number of rotatable bonds is 4. The molecule has 106 valence electrons. The Labute approximate surface area is 135 Å². The average molecular weight is 371 g/mol. The van der Waals surface area contributed by atoms with Crippen LogP contribution in [0.2, 0.25) is 0 Å². The van der Waals surface area contributed by atoms with Gasteiger partial charge in [-0.1, -0.05) is 17.8 Å². The fraction of sp³-hybridized carbons (Fsp3) is 0.286. The molecule has 0 bridgehead atoms. The predicted octanol–water partition coefficient (Wildman–Crippen LogP) is 4.64. The maximum Gasteiger partial charge on any atom is 0.237 e. The topological polar surface area (TPSA) is 42.0 Å². The van der Waals surface area contributed by atoms with E-state index < -0.39 is 0 Å². The van der Waals surface area contributed by atoms with E-state index in [4.69, 9.17) is 0 Å². The van der Waals surface area contributed by atoms with Crippen LogP contribution in [-0.2, 0) is 4.79 Å². The summed E-state index contributed by atoms with van der Waals surface area (Å²) in [5.41, 5.74) is 2.94. The van der Waals surface area contributed by atoms with E-state index >= 15 is 0 Å². The van der Waals surface area contributed by atoms with Crippen molar-refractivity contribution < 1.29 is 4.79 Å². The molecule has 6 heteroatoms. The molecule has 0 aliphatic heterocycles. The van der Waals surface area contributed by atoms with Crippen LogP contribution in [0.25, 0.3) is 0 Å². The van der Waals surface area contributed by atoms with Crippen molar-refractivity contribution in [3.63, 3.8) is 0 Å². The molecule has 2 rings (SSSR count). The number of halogens is 1. The Hall–Kier alpha value is -0.850. The summed E-state index contributed by atoms with van der Waals surface area (Å²) in [6.45, 7) is 5.85. The van der Waals surface area contributed by atoms with Gasteiger partial charge in [-0.2, -0.15) is 0 Å². The lowest BCUT2D eigenvalue weighted by molar-refractivity contribution is -0.115. The molecule has 0 saturated heterocycles. The van der Waals surface area contributed by atoms with Crippen molar-refractivity contribution in [1.29, 1.82) is 0 Å². The fourth-order valence-electron chi connectivity index (χ4n) is 1.55. The highest BCUT2D eigenvalue weighted by molar-refractivity contribution is 9.10. The van der Waals surface area contributed by atoms with E-state index in [-0.39, 0.29) is 11.2 Å². The number of amides is 1. The van der Waals surface area contributed by atoms with E-state index in [0.29, 0.717) is 0 Å². The summed E-state index contributed by atoms with van der Waals surface area (Å²) in [5, 5.41) is 4.74. The molecule has 0 unspecified atom stereocenters. The molecule has 3 nitrogen and oxygen atoms in total. The van der Waals surface area contributed by atoms with Gasteiger partial charge in [-0.3, -0.25) is 4.79 Å². The number of aromatic nitrogens is 1. The molecule has 1 atom stereocenters. The normalized spacial score (nSPS) is 12.2. The van der Waals surface area contributed by atoms with Crippen LogP contribution in [0, 0.1) is 13.8 Å². The van der Waals surface area contributed by atoms with Gasteiger partial charge in [0.2, 0.25) is 5.91 Å². The van der Waals surface area contributed by atoms with Crippen LogP contribution in [0.3, 0.4) is 0 Å². The van der Waals surface area contributed by atoms with Gasteiger partial charge in [0.1, 0.15) is 0 Å². The molecule has 0 fully saturated rings. The summed E-state index contributed by atoms with van der Waals surface area (Å²) in [4.78, 5) is 16.5. The predicted molar refractivity (Wildman–Crippen MR) is 89.7 cm³/mol. The van der Waals surface area contributed by atoms with Crippen molar-refractivity contribution in [1.82, 2.24) is 4.98 Å². The first-order valence-electron chi connectivity index (χ1n) is 6.11.